The number of likely N-dealkylation sites (N-methyl/N-ethyl adjacent to an activating group) is 1. The lowest BCUT2D eigenvalue weighted by atomic mass is 9.99. The van der Waals surface area contributed by atoms with Crippen LogP contribution in [0.5, 0.6) is 5.75 Å². The van der Waals surface area contributed by atoms with Crippen molar-refractivity contribution >= 4 is 40.2 Å². The number of hydrogen-bond acceptors (Lipinski definition) is 7. The predicted octanol–water partition coefficient (Wildman–Crippen LogP) is 2.28. The van der Waals surface area contributed by atoms with Crippen molar-refractivity contribution in [2.75, 3.05) is 24.6 Å². The molecule has 7 nitrogen and oxygen atoms in total. The van der Waals surface area contributed by atoms with E-state index in [0.717, 1.165) is 28.9 Å². The first-order valence-electron chi connectivity index (χ1n) is 9.91. The fourth-order valence-corrected chi connectivity index (χ4v) is 4.32. The van der Waals surface area contributed by atoms with Crippen LogP contribution in [0, 0.1) is 0 Å². The molecule has 2 aliphatic rings. The summed E-state index contributed by atoms with van der Waals surface area (Å²) in [5.74, 6) is 0.336. The third-order valence-electron chi connectivity index (χ3n) is 5.03. The minimum absolute atomic E-state index is 0.0888. The van der Waals surface area contributed by atoms with Crippen LogP contribution < -0.4 is 14.8 Å². The zero-order chi connectivity index (χ0) is 22.0. The number of benzene rings is 1. The number of carbonyl (C=O) groups is 2. The zero-order valence-electron chi connectivity index (χ0n) is 17.4. The zero-order valence-corrected chi connectivity index (χ0v) is 18.2. The lowest BCUT2D eigenvalue weighted by Gasteiger charge is -2.17. The van der Waals surface area contributed by atoms with Crippen molar-refractivity contribution < 1.29 is 29.1 Å². The van der Waals surface area contributed by atoms with E-state index in [1.807, 2.05) is 29.7 Å². The molecule has 8 heteroatoms. The number of rotatable bonds is 5. The molecule has 0 saturated carbocycles. The molecular formula is C23H23N2O5S+. The normalized spacial score (nSPS) is 17.7. The summed E-state index contributed by atoms with van der Waals surface area (Å²) in [4.78, 5) is 31.6. The van der Waals surface area contributed by atoms with Gasteiger partial charge in [-0.15, -0.1) is 11.3 Å². The highest BCUT2D eigenvalue weighted by Crippen LogP contribution is 2.44. The maximum atomic E-state index is 12.7. The van der Waals surface area contributed by atoms with Gasteiger partial charge < -0.3 is 14.4 Å². The van der Waals surface area contributed by atoms with E-state index in [9.17, 15) is 9.59 Å². The van der Waals surface area contributed by atoms with Crippen LogP contribution in [-0.2, 0) is 21.0 Å². The van der Waals surface area contributed by atoms with Crippen LogP contribution in [0.25, 0.3) is 5.57 Å². The number of ketones is 1. The maximum Gasteiger partial charge on any atom is 0.415 e. The monoisotopic (exact) mass is 439 g/mol. The topological polar surface area (TPSA) is 79.0 Å². The molecule has 0 aliphatic carbocycles. The molecule has 0 amide bonds. The second-order valence-electron chi connectivity index (χ2n) is 7.18. The third kappa shape index (κ3) is 4.30. The second-order valence-corrected chi connectivity index (χ2v) is 8.12. The van der Waals surface area contributed by atoms with E-state index >= 15 is 0 Å². The Morgan fingerprint density at radius 2 is 2.16 bits per heavy atom. The SMILES string of the molecule is C=C(/C=C1\CN(CC)c2ccc3c(c21)O/C(=[NH+]\OC(C)=O)COC3)C(=O)c1cccs1. The molecule has 0 spiro atoms. The first-order chi connectivity index (χ1) is 15.0. The molecule has 0 bridgehead atoms. The average molecular weight is 440 g/mol. The lowest BCUT2D eigenvalue weighted by Crippen LogP contribution is -2.75. The highest BCUT2D eigenvalue weighted by molar-refractivity contribution is 7.12. The van der Waals surface area contributed by atoms with E-state index in [1.54, 1.807) is 6.07 Å². The van der Waals surface area contributed by atoms with Crippen molar-refractivity contribution in [1.29, 1.82) is 0 Å². The molecule has 2 aliphatic heterocycles. The number of ether oxygens (including phenoxy) is 2. The van der Waals surface area contributed by atoms with Gasteiger partial charge in [-0.1, -0.05) is 18.7 Å². The summed E-state index contributed by atoms with van der Waals surface area (Å²) in [5, 5.41) is 4.40. The van der Waals surface area contributed by atoms with Crippen LogP contribution in [0.1, 0.15) is 34.6 Å². The summed E-state index contributed by atoms with van der Waals surface area (Å²) in [7, 11) is 0. The van der Waals surface area contributed by atoms with Gasteiger partial charge in [0, 0.05) is 47.6 Å². The fourth-order valence-electron chi connectivity index (χ4n) is 3.62. The smallest absolute Gasteiger partial charge is 0.403 e. The first kappa shape index (κ1) is 21.0. The van der Waals surface area contributed by atoms with Crippen LogP contribution >= 0.6 is 11.3 Å². The van der Waals surface area contributed by atoms with Crippen LogP contribution in [0.15, 0.2) is 47.9 Å². The molecule has 1 N–H and O–H groups in total. The molecule has 4 rings (SSSR count). The van der Waals surface area contributed by atoms with Crippen molar-refractivity contribution in [2.45, 2.75) is 20.5 Å². The summed E-state index contributed by atoms with van der Waals surface area (Å²) in [6.45, 7) is 9.31. The van der Waals surface area contributed by atoms with E-state index in [2.05, 4.69) is 23.6 Å². The number of anilines is 1. The molecule has 31 heavy (non-hydrogen) atoms. The van der Waals surface area contributed by atoms with Crippen molar-refractivity contribution in [3.05, 3.63) is 63.9 Å². The van der Waals surface area contributed by atoms with Crippen LogP contribution in [-0.4, -0.2) is 37.3 Å². The number of hydrogen-bond donors (Lipinski definition) is 1. The molecule has 1 aromatic carbocycles. The van der Waals surface area contributed by atoms with E-state index in [1.165, 1.54) is 18.3 Å². The lowest BCUT2D eigenvalue weighted by molar-refractivity contribution is -0.728. The Hall–Kier alpha value is -3.23. The summed E-state index contributed by atoms with van der Waals surface area (Å²) in [6.07, 6.45) is 1.84. The molecule has 0 fully saturated rings. The molecule has 0 saturated heterocycles. The minimum Gasteiger partial charge on any atom is -0.403 e. The van der Waals surface area contributed by atoms with E-state index in [-0.39, 0.29) is 18.3 Å². The van der Waals surface area contributed by atoms with Gasteiger partial charge in [0.05, 0.1) is 11.5 Å². The molecule has 0 radical (unpaired) electrons. The Balaban J connectivity index is 1.75. The first-order valence-corrected chi connectivity index (χ1v) is 10.8. The number of fused-ring (bicyclic) bond motifs is 3. The molecule has 2 aromatic rings. The van der Waals surface area contributed by atoms with E-state index in [0.29, 0.717) is 29.4 Å². The number of thiophene rings is 1. The predicted molar refractivity (Wildman–Crippen MR) is 118 cm³/mol. The number of nitrogens with zero attached hydrogens (tertiary/aromatic N) is 1. The maximum absolute atomic E-state index is 12.7. The van der Waals surface area contributed by atoms with E-state index in [4.69, 9.17) is 14.3 Å². The highest BCUT2D eigenvalue weighted by Gasteiger charge is 2.32. The number of carbonyl (C=O) groups excluding carboxylic acids is 2. The van der Waals surface area contributed by atoms with Gasteiger partial charge in [0.15, 0.2) is 6.61 Å². The van der Waals surface area contributed by atoms with Gasteiger partial charge in [-0.05, 0) is 36.1 Å². The Kier molecular flexibility index (Phi) is 6.01. The Bertz CT molecular complexity index is 1100. The quantitative estimate of drug-likeness (QED) is 0.333. The van der Waals surface area contributed by atoms with Gasteiger partial charge >= 0.3 is 11.9 Å². The molecule has 0 unspecified atom stereocenters. The highest BCUT2D eigenvalue weighted by atomic mass is 32.1. The molecule has 160 valence electrons. The van der Waals surface area contributed by atoms with Gasteiger partial charge in [-0.3, -0.25) is 4.79 Å². The summed E-state index contributed by atoms with van der Waals surface area (Å²) >= 11 is 1.40. The summed E-state index contributed by atoms with van der Waals surface area (Å²) in [6, 6.07) is 7.66. The van der Waals surface area contributed by atoms with Crippen LogP contribution in [0.3, 0.4) is 0 Å². The van der Waals surface area contributed by atoms with Crippen molar-refractivity contribution in [1.82, 2.24) is 0 Å². The Labute approximate surface area is 184 Å². The van der Waals surface area contributed by atoms with Gasteiger partial charge in [0.1, 0.15) is 5.75 Å². The summed E-state index contributed by atoms with van der Waals surface area (Å²) in [5.41, 5.74) is 4.14. The van der Waals surface area contributed by atoms with Crippen LogP contribution in [0.2, 0.25) is 0 Å². The fraction of sp³-hybridized carbons (Fsp3) is 0.261. The van der Waals surface area contributed by atoms with Crippen molar-refractivity contribution in [3.63, 3.8) is 0 Å². The number of nitrogens with one attached hydrogen (secondary N) is 1. The standard InChI is InChI=1S/C23H22N2O5S/c1-4-25-11-17(10-14(2)22(27)19-6-5-9-31-19)21-18(25)8-7-16-12-28-13-20(29-23(16)21)24-30-15(3)26/h5-10H,2,4,11-13H2,1,3H3/p+1/b17-10+,24-20-. The molecule has 3 heterocycles. The third-order valence-corrected chi connectivity index (χ3v) is 5.90. The van der Waals surface area contributed by atoms with E-state index < -0.39 is 5.97 Å². The van der Waals surface area contributed by atoms with Crippen molar-refractivity contribution in [3.8, 4) is 5.75 Å². The van der Waals surface area contributed by atoms with Gasteiger partial charge in [0.25, 0.3) is 0 Å². The summed E-state index contributed by atoms with van der Waals surface area (Å²) < 4.78 is 11.8. The number of allylic oxidation sites excluding steroid dienone is 2. The molecule has 1 aromatic heterocycles. The van der Waals surface area contributed by atoms with Crippen LogP contribution in [0.4, 0.5) is 5.69 Å². The Morgan fingerprint density at radius 1 is 1.32 bits per heavy atom. The minimum atomic E-state index is -0.486. The molecular weight excluding hydrogens is 416 g/mol. The van der Waals surface area contributed by atoms with Gasteiger partial charge in [0.2, 0.25) is 5.78 Å². The average Bonchev–Trinajstić information content (AvgIpc) is 3.35. The molecule has 0 atom stereocenters. The van der Waals surface area contributed by atoms with Crippen molar-refractivity contribution in [2.24, 2.45) is 0 Å². The number of Topliss-reactive ketones (excluding diaryl/α,β-unsaturated/α-hetero) is 1. The van der Waals surface area contributed by atoms with Gasteiger partial charge in [-0.25, -0.2) is 4.79 Å². The largest absolute Gasteiger partial charge is 0.415 e. The van der Waals surface area contributed by atoms with Gasteiger partial charge in [-0.2, -0.15) is 4.84 Å². The Morgan fingerprint density at radius 3 is 2.87 bits per heavy atom. The second kappa shape index (κ2) is 8.87.